The molecule has 5 heteroatoms. The van der Waals surface area contributed by atoms with Gasteiger partial charge in [-0.3, -0.25) is 5.10 Å². The first-order chi connectivity index (χ1) is 10.3. The number of benzene rings is 1. The summed E-state index contributed by atoms with van der Waals surface area (Å²) in [5, 5.41) is 7.17. The van der Waals surface area contributed by atoms with Crippen LogP contribution in [0.3, 0.4) is 0 Å². The largest absolute Gasteiger partial charge is 0.496 e. The second-order valence-corrected chi connectivity index (χ2v) is 4.67. The summed E-state index contributed by atoms with van der Waals surface area (Å²) in [7, 11) is 1.64. The molecule has 108 valence electrons. The molecule has 0 fully saturated rings. The van der Waals surface area contributed by atoms with E-state index in [0.29, 0.717) is 5.82 Å². The van der Waals surface area contributed by atoms with Gasteiger partial charge in [0, 0.05) is 17.5 Å². The molecule has 0 atom stereocenters. The SMILES string of the molecule is CCc1occc1-c1[nH]nc(N)c1-c1ccccc1OC. The molecule has 5 nitrogen and oxygen atoms in total. The summed E-state index contributed by atoms with van der Waals surface area (Å²) >= 11 is 0. The van der Waals surface area contributed by atoms with Crippen LogP contribution in [0.2, 0.25) is 0 Å². The number of H-pyrrole nitrogens is 1. The molecule has 2 aromatic heterocycles. The monoisotopic (exact) mass is 283 g/mol. The molecule has 0 aliphatic rings. The number of nitrogens with two attached hydrogens (primary N) is 1. The van der Waals surface area contributed by atoms with Gasteiger partial charge in [-0.15, -0.1) is 0 Å². The molecule has 1 aromatic carbocycles. The lowest BCUT2D eigenvalue weighted by Crippen LogP contribution is -1.93. The number of nitrogen functional groups attached to an aromatic ring is 1. The normalized spacial score (nSPS) is 10.8. The van der Waals surface area contributed by atoms with Gasteiger partial charge in [0.05, 0.1) is 24.6 Å². The summed E-state index contributed by atoms with van der Waals surface area (Å²) < 4.78 is 10.9. The van der Waals surface area contributed by atoms with Crippen LogP contribution in [0.25, 0.3) is 22.4 Å². The van der Waals surface area contributed by atoms with Crippen molar-refractivity contribution >= 4 is 5.82 Å². The molecule has 3 N–H and O–H groups in total. The maximum absolute atomic E-state index is 6.07. The van der Waals surface area contributed by atoms with E-state index >= 15 is 0 Å². The van der Waals surface area contributed by atoms with Gasteiger partial charge in [0.25, 0.3) is 0 Å². The lowest BCUT2D eigenvalue weighted by molar-refractivity contribution is 0.416. The van der Waals surface area contributed by atoms with E-state index in [1.54, 1.807) is 13.4 Å². The Morgan fingerprint density at radius 1 is 1.24 bits per heavy atom. The number of ether oxygens (including phenoxy) is 1. The summed E-state index contributed by atoms with van der Waals surface area (Å²) in [5.41, 5.74) is 9.63. The van der Waals surface area contributed by atoms with Crippen LogP contribution >= 0.6 is 0 Å². The Kier molecular flexibility index (Phi) is 3.39. The number of aromatic nitrogens is 2. The number of nitrogens with one attached hydrogen (secondary N) is 1. The summed E-state index contributed by atoms with van der Waals surface area (Å²) in [6.45, 7) is 2.05. The van der Waals surface area contributed by atoms with Gasteiger partial charge in [-0.2, -0.15) is 5.10 Å². The lowest BCUT2D eigenvalue weighted by Gasteiger charge is -2.09. The minimum absolute atomic E-state index is 0.442. The molecule has 0 aliphatic heterocycles. The predicted molar refractivity (Wildman–Crippen MR) is 82.1 cm³/mol. The Morgan fingerprint density at radius 2 is 2.05 bits per heavy atom. The molecule has 3 rings (SSSR count). The summed E-state index contributed by atoms with van der Waals surface area (Å²) in [5.74, 6) is 2.10. The highest BCUT2D eigenvalue weighted by molar-refractivity contribution is 5.90. The fourth-order valence-corrected chi connectivity index (χ4v) is 2.51. The quantitative estimate of drug-likeness (QED) is 0.768. The van der Waals surface area contributed by atoms with Gasteiger partial charge in [-0.05, 0) is 12.1 Å². The molecule has 0 amide bonds. The molecule has 21 heavy (non-hydrogen) atoms. The molecule has 3 aromatic rings. The first-order valence-corrected chi connectivity index (χ1v) is 6.80. The van der Waals surface area contributed by atoms with Gasteiger partial charge in [-0.25, -0.2) is 0 Å². The van der Waals surface area contributed by atoms with E-state index in [2.05, 4.69) is 10.2 Å². The van der Waals surface area contributed by atoms with Crippen LogP contribution in [0.5, 0.6) is 5.75 Å². The molecular weight excluding hydrogens is 266 g/mol. The average Bonchev–Trinajstić information content (AvgIpc) is 3.12. The highest BCUT2D eigenvalue weighted by Crippen LogP contribution is 2.40. The van der Waals surface area contributed by atoms with E-state index in [1.807, 2.05) is 37.3 Å². The second kappa shape index (κ2) is 5.36. The standard InChI is InChI=1S/C16H17N3O2/c1-3-12-11(8-9-21-12)15-14(16(17)19-18-15)10-6-4-5-7-13(10)20-2/h4-9H,3H2,1-2H3,(H3,17,18,19). The number of rotatable bonds is 4. The zero-order valence-electron chi connectivity index (χ0n) is 12.0. The molecule has 2 heterocycles. The van der Waals surface area contributed by atoms with Crippen LogP contribution in [0.4, 0.5) is 5.82 Å². The zero-order valence-corrected chi connectivity index (χ0v) is 12.0. The van der Waals surface area contributed by atoms with Crippen molar-refractivity contribution in [1.29, 1.82) is 0 Å². The van der Waals surface area contributed by atoms with Crippen LogP contribution in [0, 0.1) is 0 Å². The van der Waals surface area contributed by atoms with E-state index in [1.165, 1.54) is 0 Å². The summed E-state index contributed by atoms with van der Waals surface area (Å²) in [6.07, 6.45) is 2.48. The van der Waals surface area contributed by atoms with Crippen molar-refractivity contribution in [3.05, 3.63) is 42.4 Å². The number of anilines is 1. The van der Waals surface area contributed by atoms with E-state index in [4.69, 9.17) is 14.9 Å². The van der Waals surface area contributed by atoms with Gasteiger partial charge < -0.3 is 14.9 Å². The summed E-state index contributed by atoms with van der Waals surface area (Å²) in [4.78, 5) is 0. The number of aromatic amines is 1. The van der Waals surface area contributed by atoms with Crippen LogP contribution in [-0.4, -0.2) is 17.3 Å². The third kappa shape index (κ3) is 2.16. The minimum Gasteiger partial charge on any atom is -0.496 e. The van der Waals surface area contributed by atoms with Crippen LogP contribution < -0.4 is 10.5 Å². The second-order valence-electron chi connectivity index (χ2n) is 4.67. The Bertz CT molecular complexity index is 758. The van der Waals surface area contributed by atoms with Crippen molar-refractivity contribution in [3.63, 3.8) is 0 Å². The van der Waals surface area contributed by atoms with Gasteiger partial charge in [0.2, 0.25) is 0 Å². The van der Waals surface area contributed by atoms with Crippen molar-refractivity contribution in [2.45, 2.75) is 13.3 Å². The average molecular weight is 283 g/mol. The maximum Gasteiger partial charge on any atom is 0.153 e. The van der Waals surface area contributed by atoms with Crippen molar-refractivity contribution < 1.29 is 9.15 Å². The van der Waals surface area contributed by atoms with Gasteiger partial charge >= 0.3 is 0 Å². The molecule has 0 bridgehead atoms. The van der Waals surface area contributed by atoms with Crippen LogP contribution in [0.1, 0.15) is 12.7 Å². The number of aryl methyl sites for hydroxylation is 1. The topological polar surface area (TPSA) is 77.1 Å². The number of hydrogen-bond donors (Lipinski definition) is 2. The number of hydrogen-bond acceptors (Lipinski definition) is 4. The van der Waals surface area contributed by atoms with Crippen molar-refractivity contribution in [2.75, 3.05) is 12.8 Å². The highest BCUT2D eigenvalue weighted by atomic mass is 16.5. The fourth-order valence-electron chi connectivity index (χ4n) is 2.51. The molecule has 0 aliphatic carbocycles. The fraction of sp³-hybridized carbons (Fsp3) is 0.188. The number of nitrogens with zero attached hydrogens (tertiary/aromatic N) is 1. The highest BCUT2D eigenvalue weighted by Gasteiger charge is 2.20. The van der Waals surface area contributed by atoms with Crippen molar-refractivity contribution in [1.82, 2.24) is 10.2 Å². The Morgan fingerprint density at radius 3 is 2.81 bits per heavy atom. The smallest absolute Gasteiger partial charge is 0.153 e. The Labute approximate surface area is 122 Å². The van der Waals surface area contributed by atoms with E-state index in [0.717, 1.165) is 40.3 Å². The molecule has 0 saturated heterocycles. The predicted octanol–water partition coefficient (Wildman–Crippen LogP) is 3.49. The Balaban J connectivity index is 2.23. The molecule has 0 saturated carbocycles. The summed E-state index contributed by atoms with van der Waals surface area (Å²) in [6, 6.07) is 9.67. The van der Waals surface area contributed by atoms with E-state index in [-0.39, 0.29) is 0 Å². The van der Waals surface area contributed by atoms with Crippen molar-refractivity contribution in [2.24, 2.45) is 0 Å². The molecule has 0 unspecified atom stereocenters. The van der Waals surface area contributed by atoms with E-state index < -0.39 is 0 Å². The zero-order chi connectivity index (χ0) is 14.8. The minimum atomic E-state index is 0.442. The Hall–Kier alpha value is -2.69. The van der Waals surface area contributed by atoms with Crippen LogP contribution in [-0.2, 0) is 6.42 Å². The van der Waals surface area contributed by atoms with Gasteiger partial charge in [0.15, 0.2) is 5.82 Å². The van der Waals surface area contributed by atoms with Gasteiger partial charge in [-0.1, -0.05) is 25.1 Å². The number of methoxy groups -OCH3 is 1. The lowest BCUT2D eigenvalue weighted by atomic mass is 10.00. The van der Waals surface area contributed by atoms with Crippen molar-refractivity contribution in [3.8, 4) is 28.1 Å². The first-order valence-electron chi connectivity index (χ1n) is 6.80. The maximum atomic E-state index is 6.07. The molecule has 0 radical (unpaired) electrons. The molecule has 0 spiro atoms. The molecular formula is C16H17N3O2. The van der Waals surface area contributed by atoms with E-state index in [9.17, 15) is 0 Å². The third-order valence-electron chi connectivity index (χ3n) is 3.51. The number of furan rings is 1. The first kappa shape index (κ1) is 13.3. The van der Waals surface area contributed by atoms with Crippen LogP contribution in [0.15, 0.2) is 41.0 Å². The third-order valence-corrected chi connectivity index (χ3v) is 3.51. The number of para-hydroxylation sites is 1. The van der Waals surface area contributed by atoms with Gasteiger partial charge in [0.1, 0.15) is 11.5 Å².